The number of benzene rings is 1. The number of amides is 1. The van der Waals surface area contributed by atoms with Crippen LogP contribution in [0.2, 0.25) is 5.02 Å². The molecule has 1 saturated carbocycles. The number of carbonyl (C=O) groups excluding carboxylic acids is 1. The molecule has 3 N–H and O–H groups in total. The van der Waals surface area contributed by atoms with Gasteiger partial charge in [0, 0.05) is 13.2 Å². The molecule has 1 aromatic rings. The van der Waals surface area contributed by atoms with Crippen molar-refractivity contribution in [3.63, 3.8) is 0 Å². The summed E-state index contributed by atoms with van der Waals surface area (Å²) in [6.07, 6.45) is 2.57. The molecule has 1 fully saturated rings. The van der Waals surface area contributed by atoms with E-state index in [9.17, 15) is 13.2 Å². The second kappa shape index (κ2) is 6.31. The number of sulfonamides is 1. The smallest absolute Gasteiger partial charge is 0.253 e. The van der Waals surface area contributed by atoms with Crippen LogP contribution in [0.4, 0.5) is 0 Å². The van der Waals surface area contributed by atoms with Crippen LogP contribution in [-0.2, 0) is 14.8 Å². The summed E-state index contributed by atoms with van der Waals surface area (Å²) in [5.74, 6) is -0.410. The minimum atomic E-state index is -3.87. The van der Waals surface area contributed by atoms with Crippen LogP contribution in [0.25, 0.3) is 0 Å². The summed E-state index contributed by atoms with van der Waals surface area (Å²) in [6, 6.07) is 3.81. The number of carbonyl (C=O) groups is 1. The van der Waals surface area contributed by atoms with Gasteiger partial charge in [-0.3, -0.25) is 4.79 Å². The molecule has 0 radical (unpaired) electrons. The molecule has 2 unspecified atom stereocenters. The maximum absolute atomic E-state index is 12.2. The molecule has 1 aliphatic rings. The van der Waals surface area contributed by atoms with Crippen LogP contribution in [0.15, 0.2) is 23.1 Å². The van der Waals surface area contributed by atoms with Crippen LogP contribution in [-0.4, -0.2) is 33.6 Å². The first-order chi connectivity index (χ1) is 9.81. The van der Waals surface area contributed by atoms with E-state index >= 15 is 0 Å². The summed E-state index contributed by atoms with van der Waals surface area (Å²) < 4.78 is 27.9. The average Bonchev–Trinajstić information content (AvgIpc) is 2.85. The highest BCUT2D eigenvalue weighted by Gasteiger charge is 2.26. The Morgan fingerprint density at radius 2 is 2.14 bits per heavy atom. The van der Waals surface area contributed by atoms with Gasteiger partial charge in [-0.25, -0.2) is 13.6 Å². The van der Waals surface area contributed by atoms with E-state index in [1.165, 1.54) is 18.2 Å². The quantitative estimate of drug-likeness (QED) is 0.867. The minimum absolute atomic E-state index is 0.00310. The van der Waals surface area contributed by atoms with Gasteiger partial charge in [0.1, 0.15) is 0 Å². The fourth-order valence-electron chi connectivity index (χ4n) is 2.40. The number of halogens is 1. The van der Waals surface area contributed by atoms with Gasteiger partial charge in [0.05, 0.1) is 21.6 Å². The number of hydrogen-bond donors (Lipinski definition) is 2. The summed E-state index contributed by atoms with van der Waals surface area (Å²) in [5, 5.41) is 8.08. The number of methoxy groups -OCH3 is 1. The van der Waals surface area contributed by atoms with Gasteiger partial charge in [-0.05, 0) is 37.5 Å². The van der Waals surface area contributed by atoms with Gasteiger partial charge in [0.2, 0.25) is 10.0 Å². The molecule has 2 atom stereocenters. The first-order valence-corrected chi connectivity index (χ1v) is 8.39. The Hall–Kier alpha value is -1.15. The first kappa shape index (κ1) is 16.2. The molecule has 0 heterocycles. The van der Waals surface area contributed by atoms with E-state index in [0.29, 0.717) is 0 Å². The first-order valence-electron chi connectivity index (χ1n) is 6.47. The second-order valence-electron chi connectivity index (χ2n) is 5.03. The second-order valence-corrected chi connectivity index (χ2v) is 7.00. The fraction of sp³-hybridized carbons (Fsp3) is 0.462. The third-order valence-electron chi connectivity index (χ3n) is 3.56. The van der Waals surface area contributed by atoms with E-state index < -0.39 is 15.9 Å². The van der Waals surface area contributed by atoms with Gasteiger partial charge in [-0.2, -0.15) is 0 Å². The van der Waals surface area contributed by atoms with Crippen molar-refractivity contribution in [1.82, 2.24) is 5.32 Å². The number of nitrogens with two attached hydrogens (primary N) is 1. The zero-order valence-corrected chi connectivity index (χ0v) is 13.1. The Morgan fingerprint density at radius 3 is 2.71 bits per heavy atom. The van der Waals surface area contributed by atoms with E-state index in [0.717, 1.165) is 19.3 Å². The van der Waals surface area contributed by atoms with Crippen molar-refractivity contribution >= 4 is 27.5 Å². The van der Waals surface area contributed by atoms with Crippen molar-refractivity contribution in [2.45, 2.75) is 36.3 Å². The van der Waals surface area contributed by atoms with E-state index in [1.807, 2.05) is 0 Å². The maximum Gasteiger partial charge on any atom is 0.253 e. The van der Waals surface area contributed by atoms with E-state index in [2.05, 4.69) is 5.32 Å². The zero-order chi connectivity index (χ0) is 15.6. The maximum atomic E-state index is 12.2. The van der Waals surface area contributed by atoms with Crippen LogP contribution in [0.3, 0.4) is 0 Å². The molecule has 6 nitrogen and oxygen atoms in total. The molecule has 116 valence electrons. The van der Waals surface area contributed by atoms with Crippen molar-refractivity contribution in [1.29, 1.82) is 0 Å². The molecule has 0 spiro atoms. The number of hydrogen-bond acceptors (Lipinski definition) is 4. The molecular weight excluding hydrogens is 316 g/mol. The van der Waals surface area contributed by atoms with Crippen LogP contribution in [0.1, 0.15) is 29.6 Å². The topological polar surface area (TPSA) is 98.5 Å². The molecule has 0 aliphatic heterocycles. The Labute approximate surface area is 128 Å². The van der Waals surface area contributed by atoms with Crippen molar-refractivity contribution < 1.29 is 17.9 Å². The minimum Gasteiger partial charge on any atom is -0.381 e. The van der Waals surface area contributed by atoms with Gasteiger partial charge >= 0.3 is 0 Å². The Morgan fingerprint density at radius 1 is 1.43 bits per heavy atom. The van der Waals surface area contributed by atoms with Gasteiger partial charge in [-0.1, -0.05) is 11.6 Å². The summed E-state index contributed by atoms with van der Waals surface area (Å²) in [6.45, 7) is 0. The van der Waals surface area contributed by atoms with Crippen LogP contribution >= 0.6 is 11.6 Å². The standard InChI is InChI=1S/C13H17ClN2O4S/c1-20-9-3-2-8(6-9)16-13(17)11-7-10(21(15,18)19)4-5-12(11)14/h4-5,7-9H,2-3,6H2,1H3,(H,16,17)(H2,15,18,19). The predicted octanol–water partition coefficient (Wildman–Crippen LogP) is 1.28. The van der Waals surface area contributed by atoms with Crippen LogP contribution in [0.5, 0.6) is 0 Å². The Kier molecular flexibility index (Phi) is 4.88. The third kappa shape index (κ3) is 3.94. The molecule has 1 amide bonds. The number of primary sulfonamides is 1. The van der Waals surface area contributed by atoms with E-state index in [4.69, 9.17) is 21.5 Å². The SMILES string of the molecule is COC1CCC(NC(=O)c2cc(S(N)(=O)=O)ccc2Cl)C1. The molecule has 21 heavy (non-hydrogen) atoms. The summed E-state index contributed by atoms with van der Waals surface area (Å²) in [5.41, 5.74) is 0.101. The van der Waals surface area contributed by atoms with Crippen molar-refractivity contribution in [3.8, 4) is 0 Å². The Balaban J connectivity index is 2.16. The highest BCUT2D eigenvalue weighted by atomic mass is 35.5. The Bertz CT molecular complexity index is 648. The lowest BCUT2D eigenvalue weighted by atomic mass is 10.2. The van der Waals surface area contributed by atoms with E-state index in [1.54, 1.807) is 7.11 Å². The van der Waals surface area contributed by atoms with Crippen LogP contribution in [0, 0.1) is 0 Å². The molecule has 2 rings (SSSR count). The van der Waals surface area contributed by atoms with Gasteiger partial charge in [-0.15, -0.1) is 0 Å². The molecule has 0 bridgehead atoms. The predicted molar refractivity (Wildman–Crippen MR) is 78.7 cm³/mol. The number of nitrogens with one attached hydrogen (secondary N) is 1. The third-order valence-corrected chi connectivity index (χ3v) is 4.80. The van der Waals surface area contributed by atoms with Gasteiger partial charge in [0.25, 0.3) is 5.91 Å². The highest BCUT2D eigenvalue weighted by Crippen LogP contribution is 2.24. The van der Waals surface area contributed by atoms with E-state index in [-0.39, 0.29) is 27.6 Å². The lowest BCUT2D eigenvalue weighted by Crippen LogP contribution is -2.33. The van der Waals surface area contributed by atoms with Gasteiger partial charge < -0.3 is 10.1 Å². The lowest BCUT2D eigenvalue weighted by Gasteiger charge is -2.14. The average molecular weight is 333 g/mol. The molecule has 0 aromatic heterocycles. The van der Waals surface area contributed by atoms with Crippen molar-refractivity contribution in [2.24, 2.45) is 5.14 Å². The van der Waals surface area contributed by atoms with Crippen molar-refractivity contribution in [3.05, 3.63) is 28.8 Å². The number of rotatable bonds is 4. The largest absolute Gasteiger partial charge is 0.381 e. The van der Waals surface area contributed by atoms with Crippen LogP contribution < -0.4 is 10.5 Å². The number of ether oxygens (including phenoxy) is 1. The zero-order valence-electron chi connectivity index (χ0n) is 11.5. The van der Waals surface area contributed by atoms with Gasteiger partial charge in [0.15, 0.2) is 0 Å². The summed E-state index contributed by atoms with van der Waals surface area (Å²) >= 11 is 5.96. The molecule has 8 heteroatoms. The summed E-state index contributed by atoms with van der Waals surface area (Å²) in [4.78, 5) is 12.1. The highest BCUT2D eigenvalue weighted by molar-refractivity contribution is 7.89. The summed E-state index contributed by atoms with van der Waals surface area (Å²) in [7, 11) is -2.23. The van der Waals surface area contributed by atoms with Crippen molar-refractivity contribution in [2.75, 3.05) is 7.11 Å². The fourth-order valence-corrected chi connectivity index (χ4v) is 3.15. The molecule has 1 aromatic carbocycles. The molecular formula is C13H17ClN2O4S. The molecule has 0 saturated heterocycles. The normalized spacial score (nSPS) is 22.2. The lowest BCUT2D eigenvalue weighted by molar-refractivity contribution is 0.0915. The molecule has 1 aliphatic carbocycles. The monoisotopic (exact) mass is 332 g/mol.